The predicted octanol–water partition coefficient (Wildman–Crippen LogP) is 3.82. The number of nitriles is 1. The Kier molecular flexibility index (Phi) is 4.50. The minimum absolute atomic E-state index is 0.195. The first kappa shape index (κ1) is 15.0. The lowest BCUT2D eigenvalue weighted by Gasteiger charge is -2.20. The first-order valence-electron chi connectivity index (χ1n) is 6.11. The minimum Gasteiger partial charge on any atom is -0.465 e. The van der Waals surface area contributed by atoms with E-state index in [9.17, 15) is 10.1 Å². The number of carbonyl (C=O) groups excluding carboxylic acids is 1. The fraction of sp³-hybridized carbons (Fsp3) is 0.375. The molecule has 1 aromatic rings. The van der Waals surface area contributed by atoms with Gasteiger partial charge in [0.05, 0.1) is 18.7 Å². The highest BCUT2D eigenvalue weighted by atomic mass is 16.5. The van der Waals surface area contributed by atoms with Crippen molar-refractivity contribution in [1.29, 1.82) is 5.26 Å². The molecule has 0 bridgehead atoms. The van der Waals surface area contributed by atoms with Gasteiger partial charge in [0, 0.05) is 5.57 Å². The molecule has 19 heavy (non-hydrogen) atoms. The van der Waals surface area contributed by atoms with E-state index in [2.05, 4.69) is 10.8 Å². The Morgan fingerprint density at radius 1 is 1.16 bits per heavy atom. The third-order valence-corrected chi connectivity index (χ3v) is 2.98. The van der Waals surface area contributed by atoms with Gasteiger partial charge >= 0.3 is 5.97 Å². The van der Waals surface area contributed by atoms with Gasteiger partial charge in [-0.1, -0.05) is 32.9 Å². The van der Waals surface area contributed by atoms with Crippen LogP contribution in [0.3, 0.4) is 0 Å². The van der Waals surface area contributed by atoms with Crippen LogP contribution in [0.15, 0.2) is 29.8 Å². The molecule has 0 fully saturated rings. The maximum Gasteiger partial charge on any atom is 0.337 e. The molecule has 0 aliphatic carbocycles. The van der Waals surface area contributed by atoms with Crippen LogP contribution in [0.2, 0.25) is 0 Å². The van der Waals surface area contributed by atoms with E-state index in [1.54, 1.807) is 12.1 Å². The normalized spacial score (nSPS) is 12.4. The van der Waals surface area contributed by atoms with Crippen LogP contribution >= 0.6 is 0 Å². The summed E-state index contributed by atoms with van der Waals surface area (Å²) in [5.74, 6) is -0.357. The van der Waals surface area contributed by atoms with Gasteiger partial charge in [-0.05, 0) is 35.6 Å². The molecule has 0 spiro atoms. The van der Waals surface area contributed by atoms with Crippen molar-refractivity contribution >= 4 is 11.5 Å². The molecule has 0 amide bonds. The van der Waals surface area contributed by atoms with Gasteiger partial charge in [-0.3, -0.25) is 0 Å². The van der Waals surface area contributed by atoms with Crippen LogP contribution in [-0.2, 0) is 4.74 Å². The van der Waals surface area contributed by atoms with E-state index in [0.717, 1.165) is 16.7 Å². The molecule has 3 heteroatoms. The molecular weight excluding hydrogens is 238 g/mol. The average molecular weight is 257 g/mol. The van der Waals surface area contributed by atoms with Gasteiger partial charge in [-0.15, -0.1) is 0 Å². The molecular formula is C16H19NO2. The fourth-order valence-electron chi connectivity index (χ4n) is 1.93. The standard InChI is InChI=1S/C16H19NO2/c1-11(14(10-17)16(2,3)4)12-6-8-13(9-7-12)15(18)19-5/h6-9H,1-5H3/b14-11+. The topological polar surface area (TPSA) is 50.1 Å². The molecule has 0 N–H and O–H groups in total. The Balaban J connectivity index is 3.21. The van der Waals surface area contributed by atoms with E-state index in [0.29, 0.717) is 5.56 Å². The molecule has 100 valence electrons. The molecule has 0 aromatic heterocycles. The number of allylic oxidation sites excluding steroid dienone is 2. The van der Waals surface area contributed by atoms with Crippen molar-refractivity contribution in [3.05, 3.63) is 41.0 Å². The zero-order valence-corrected chi connectivity index (χ0v) is 12.1. The molecule has 0 saturated heterocycles. The van der Waals surface area contributed by atoms with Crippen molar-refractivity contribution in [2.75, 3.05) is 7.11 Å². The summed E-state index contributed by atoms with van der Waals surface area (Å²) in [5.41, 5.74) is 2.94. The van der Waals surface area contributed by atoms with E-state index in [1.807, 2.05) is 39.8 Å². The van der Waals surface area contributed by atoms with E-state index < -0.39 is 0 Å². The molecule has 0 radical (unpaired) electrons. The lowest BCUT2D eigenvalue weighted by molar-refractivity contribution is 0.0600. The molecule has 1 aromatic carbocycles. The predicted molar refractivity (Wildman–Crippen MR) is 75.4 cm³/mol. The second-order valence-electron chi connectivity index (χ2n) is 5.43. The van der Waals surface area contributed by atoms with Gasteiger partial charge < -0.3 is 4.74 Å². The number of rotatable bonds is 2. The number of carbonyl (C=O) groups is 1. The van der Waals surface area contributed by atoms with Gasteiger partial charge in [-0.2, -0.15) is 5.26 Å². The quantitative estimate of drug-likeness (QED) is 0.598. The Morgan fingerprint density at radius 3 is 2.00 bits per heavy atom. The third-order valence-electron chi connectivity index (χ3n) is 2.98. The van der Waals surface area contributed by atoms with Crippen molar-refractivity contribution in [3.8, 4) is 6.07 Å². The largest absolute Gasteiger partial charge is 0.465 e. The molecule has 0 aliphatic rings. The van der Waals surface area contributed by atoms with Crippen molar-refractivity contribution in [1.82, 2.24) is 0 Å². The van der Waals surface area contributed by atoms with Crippen LogP contribution in [0.5, 0.6) is 0 Å². The first-order chi connectivity index (χ1) is 8.81. The summed E-state index contributed by atoms with van der Waals surface area (Å²) in [6.45, 7) is 7.96. The molecule has 0 heterocycles. The van der Waals surface area contributed by atoms with Gasteiger partial charge in [0.2, 0.25) is 0 Å². The number of hydrogen-bond donors (Lipinski definition) is 0. The summed E-state index contributed by atoms with van der Waals surface area (Å²) >= 11 is 0. The number of esters is 1. The maximum atomic E-state index is 11.4. The highest BCUT2D eigenvalue weighted by Gasteiger charge is 2.20. The van der Waals surface area contributed by atoms with Crippen LogP contribution < -0.4 is 0 Å². The summed E-state index contributed by atoms with van der Waals surface area (Å²) in [6.07, 6.45) is 0. The Labute approximate surface area is 114 Å². The van der Waals surface area contributed by atoms with Gasteiger partial charge in [0.15, 0.2) is 0 Å². The molecule has 0 atom stereocenters. The van der Waals surface area contributed by atoms with Gasteiger partial charge in [-0.25, -0.2) is 4.79 Å². The van der Waals surface area contributed by atoms with E-state index in [-0.39, 0.29) is 11.4 Å². The Bertz CT molecular complexity index is 540. The zero-order chi connectivity index (χ0) is 14.6. The summed E-state index contributed by atoms with van der Waals surface area (Å²) in [4.78, 5) is 11.4. The fourth-order valence-corrected chi connectivity index (χ4v) is 1.93. The zero-order valence-electron chi connectivity index (χ0n) is 12.1. The lowest BCUT2D eigenvalue weighted by Crippen LogP contribution is -2.09. The number of methoxy groups -OCH3 is 1. The van der Waals surface area contributed by atoms with Crippen LogP contribution in [0.4, 0.5) is 0 Å². The summed E-state index contributed by atoms with van der Waals surface area (Å²) in [5, 5.41) is 9.29. The van der Waals surface area contributed by atoms with Crippen molar-refractivity contribution in [2.45, 2.75) is 27.7 Å². The lowest BCUT2D eigenvalue weighted by atomic mass is 9.82. The SMILES string of the molecule is COC(=O)c1ccc(/C(C)=C(\C#N)C(C)(C)C)cc1. The number of hydrogen-bond acceptors (Lipinski definition) is 3. The monoisotopic (exact) mass is 257 g/mol. The van der Waals surface area contributed by atoms with Gasteiger partial charge in [0.25, 0.3) is 0 Å². The van der Waals surface area contributed by atoms with E-state index >= 15 is 0 Å². The molecule has 1 rings (SSSR count). The van der Waals surface area contributed by atoms with Crippen molar-refractivity contribution in [2.24, 2.45) is 5.41 Å². The van der Waals surface area contributed by atoms with Crippen molar-refractivity contribution in [3.63, 3.8) is 0 Å². The van der Waals surface area contributed by atoms with E-state index in [4.69, 9.17) is 0 Å². The highest BCUT2D eigenvalue weighted by Crippen LogP contribution is 2.31. The molecule has 0 aliphatic heterocycles. The average Bonchev–Trinajstić information content (AvgIpc) is 2.37. The number of ether oxygens (including phenoxy) is 1. The minimum atomic E-state index is -0.357. The highest BCUT2D eigenvalue weighted by molar-refractivity contribution is 5.89. The second-order valence-corrected chi connectivity index (χ2v) is 5.43. The molecule has 0 unspecified atom stereocenters. The maximum absolute atomic E-state index is 11.4. The smallest absolute Gasteiger partial charge is 0.337 e. The Hall–Kier alpha value is -2.08. The third kappa shape index (κ3) is 3.45. The number of nitrogens with zero attached hydrogens (tertiary/aromatic N) is 1. The van der Waals surface area contributed by atoms with Crippen LogP contribution in [-0.4, -0.2) is 13.1 Å². The Morgan fingerprint density at radius 2 is 1.63 bits per heavy atom. The summed E-state index contributed by atoms with van der Waals surface area (Å²) in [7, 11) is 1.36. The number of benzene rings is 1. The van der Waals surface area contributed by atoms with Gasteiger partial charge in [0.1, 0.15) is 0 Å². The summed E-state index contributed by atoms with van der Waals surface area (Å²) in [6, 6.07) is 9.37. The van der Waals surface area contributed by atoms with Crippen LogP contribution in [0.1, 0.15) is 43.6 Å². The molecule has 3 nitrogen and oxygen atoms in total. The second kappa shape index (κ2) is 5.71. The van der Waals surface area contributed by atoms with Crippen LogP contribution in [0, 0.1) is 16.7 Å². The summed E-state index contributed by atoms with van der Waals surface area (Å²) < 4.78 is 4.66. The van der Waals surface area contributed by atoms with Crippen LogP contribution in [0.25, 0.3) is 5.57 Å². The first-order valence-corrected chi connectivity index (χ1v) is 6.11. The van der Waals surface area contributed by atoms with Crippen molar-refractivity contribution < 1.29 is 9.53 Å². The van der Waals surface area contributed by atoms with E-state index in [1.165, 1.54) is 7.11 Å². The molecule has 0 saturated carbocycles.